The first-order chi connectivity index (χ1) is 8.71. The second-order valence-electron chi connectivity index (χ2n) is 3.53. The van der Waals surface area contributed by atoms with Gasteiger partial charge in [-0.3, -0.25) is 0 Å². The van der Waals surface area contributed by atoms with Crippen LogP contribution in [-0.2, 0) is 11.3 Å². The molecule has 0 amide bonds. The van der Waals surface area contributed by atoms with Crippen LogP contribution in [-0.4, -0.2) is 25.2 Å². The van der Waals surface area contributed by atoms with Gasteiger partial charge < -0.3 is 14.2 Å². The topological polar surface area (TPSA) is 40.0 Å². The van der Waals surface area contributed by atoms with Gasteiger partial charge in [0.15, 0.2) is 17.8 Å². The minimum atomic E-state index is -0.311. The highest BCUT2D eigenvalue weighted by Crippen LogP contribution is 2.29. The zero-order valence-corrected chi connectivity index (χ0v) is 11.6. The molecule has 0 saturated carbocycles. The first kappa shape index (κ1) is 14.6. The monoisotopic (exact) mass is 267 g/mol. The van der Waals surface area contributed by atoms with E-state index in [9.17, 15) is 0 Å². The van der Waals surface area contributed by atoms with Crippen molar-refractivity contribution in [2.24, 2.45) is 4.99 Å². The number of hydrogen-bond acceptors (Lipinski definition) is 5. The SMILES string of the molecule is CCO[C@@H](C)Oc1ccc(CN=C=S)cc1OC. The van der Waals surface area contributed by atoms with Crippen molar-refractivity contribution in [1.82, 2.24) is 0 Å². The van der Waals surface area contributed by atoms with E-state index >= 15 is 0 Å². The second-order valence-corrected chi connectivity index (χ2v) is 3.72. The summed E-state index contributed by atoms with van der Waals surface area (Å²) in [6, 6.07) is 5.61. The standard InChI is InChI=1S/C13H17NO3S/c1-4-16-10(2)17-12-6-5-11(8-14-9-18)7-13(12)15-3/h5-7,10H,4,8H2,1-3H3/t10-/m1/s1. The molecule has 1 atom stereocenters. The number of nitrogens with zero attached hydrogens (tertiary/aromatic N) is 1. The largest absolute Gasteiger partial charge is 0.493 e. The molecule has 0 aromatic heterocycles. The van der Waals surface area contributed by atoms with Gasteiger partial charge in [-0.2, -0.15) is 0 Å². The summed E-state index contributed by atoms with van der Waals surface area (Å²) in [6.45, 7) is 4.85. The van der Waals surface area contributed by atoms with Crippen LogP contribution in [0, 0.1) is 0 Å². The van der Waals surface area contributed by atoms with E-state index in [2.05, 4.69) is 22.4 Å². The molecule has 0 saturated heterocycles. The van der Waals surface area contributed by atoms with Gasteiger partial charge in [-0.25, -0.2) is 4.99 Å². The smallest absolute Gasteiger partial charge is 0.197 e. The Balaban J connectivity index is 2.82. The van der Waals surface area contributed by atoms with Gasteiger partial charge in [0.2, 0.25) is 0 Å². The number of thiocarbonyl (C=S) groups is 1. The average molecular weight is 267 g/mol. The molecule has 0 bridgehead atoms. The minimum absolute atomic E-state index is 0.311. The van der Waals surface area contributed by atoms with E-state index in [0.717, 1.165) is 5.56 Å². The van der Waals surface area contributed by atoms with Crippen molar-refractivity contribution in [1.29, 1.82) is 0 Å². The van der Waals surface area contributed by atoms with Crippen molar-refractivity contribution in [3.63, 3.8) is 0 Å². The molecule has 98 valence electrons. The molecule has 18 heavy (non-hydrogen) atoms. The van der Waals surface area contributed by atoms with Gasteiger partial charge in [-0.15, -0.1) is 0 Å². The van der Waals surface area contributed by atoms with E-state index in [1.165, 1.54) is 0 Å². The molecule has 0 fully saturated rings. The van der Waals surface area contributed by atoms with Gasteiger partial charge >= 0.3 is 0 Å². The summed E-state index contributed by atoms with van der Waals surface area (Å²) >= 11 is 4.54. The Morgan fingerprint density at radius 3 is 2.78 bits per heavy atom. The van der Waals surface area contributed by atoms with Crippen molar-refractivity contribution in [2.45, 2.75) is 26.7 Å². The highest BCUT2D eigenvalue weighted by atomic mass is 32.1. The van der Waals surface area contributed by atoms with E-state index in [-0.39, 0.29) is 6.29 Å². The third kappa shape index (κ3) is 4.45. The van der Waals surface area contributed by atoms with Crippen molar-refractivity contribution < 1.29 is 14.2 Å². The van der Waals surface area contributed by atoms with Crippen molar-refractivity contribution in [3.05, 3.63) is 23.8 Å². The van der Waals surface area contributed by atoms with Gasteiger partial charge in [0.05, 0.1) is 18.8 Å². The number of ether oxygens (including phenoxy) is 3. The Hall–Kier alpha value is -1.42. The zero-order chi connectivity index (χ0) is 13.4. The number of benzene rings is 1. The Labute approximate surface area is 113 Å². The maximum Gasteiger partial charge on any atom is 0.197 e. The molecule has 5 heteroatoms. The summed E-state index contributed by atoms with van der Waals surface area (Å²) in [5.41, 5.74) is 0.987. The Morgan fingerprint density at radius 1 is 1.39 bits per heavy atom. The second kappa shape index (κ2) is 7.82. The van der Waals surface area contributed by atoms with E-state index in [0.29, 0.717) is 24.7 Å². The number of aliphatic imine (C=N–C) groups is 1. The fraction of sp³-hybridized carbons (Fsp3) is 0.462. The lowest BCUT2D eigenvalue weighted by Gasteiger charge is -2.17. The molecule has 1 rings (SSSR count). The molecule has 0 aliphatic carbocycles. The van der Waals surface area contributed by atoms with E-state index in [1.54, 1.807) is 7.11 Å². The highest BCUT2D eigenvalue weighted by molar-refractivity contribution is 7.78. The summed E-state index contributed by atoms with van der Waals surface area (Å²) in [5, 5.41) is 2.33. The molecule has 1 aromatic rings. The van der Waals surface area contributed by atoms with Gasteiger partial charge in [0.25, 0.3) is 0 Å². The van der Waals surface area contributed by atoms with Crippen LogP contribution in [0.5, 0.6) is 11.5 Å². The van der Waals surface area contributed by atoms with Crippen LogP contribution in [0.1, 0.15) is 19.4 Å². The molecule has 0 N–H and O–H groups in total. The zero-order valence-electron chi connectivity index (χ0n) is 10.8. The fourth-order valence-corrected chi connectivity index (χ4v) is 1.54. The Morgan fingerprint density at radius 2 is 2.17 bits per heavy atom. The molecule has 0 spiro atoms. The maximum absolute atomic E-state index is 5.62. The third-order valence-electron chi connectivity index (χ3n) is 2.25. The van der Waals surface area contributed by atoms with Crippen LogP contribution in [0.25, 0.3) is 0 Å². The number of methoxy groups -OCH3 is 1. The van der Waals surface area contributed by atoms with Crippen LogP contribution < -0.4 is 9.47 Å². The highest BCUT2D eigenvalue weighted by Gasteiger charge is 2.09. The first-order valence-corrected chi connectivity index (χ1v) is 6.10. The predicted molar refractivity (Wildman–Crippen MR) is 73.4 cm³/mol. The van der Waals surface area contributed by atoms with E-state index in [4.69, 9.17) is 14.2 Å². The molecule has 0 aliphatic heterocycles. The summed E-state index contributed by atoms with van der Waals surface area (Å²) in [4.78, 5) is 3.88. The van der Waals surface area contributed by atoms with E-state index < -0.39 is 0 Å². The van der Waals surface area contributed by atoms with Crippen LogP contribution in [0.15, 0.2) is 23.2 Å². The van der Waals surface area contributed by atoms with Crippen molar-refractivity contribution >= 4 is 17.4 Å². The van der Waals surface area contributed by atoms with E-state index in [1.807, 2.05) is 32.0 Å². The quantitative estimate of drug-likeness (QED) is 0.432. The van der Waals surface area contributed by atoms with Crippen molar-refractivity contribution in [2.75, 3.05) is 13.7 Å². The Kier molecular flexibility index (Phi) is 6.36. The minimum Gasteiger partial charge on any atom is -0.493 e. The van der Waals surface area contributed by atoms with Gasteiger partial charge in [0.1, 0.15) is 0 Å². The van der Waals surface area contributed by atoms with Crippen LogP contribution in [0.4, 0.5) is 0 Å². The molecule has 0 heterocycles. The van der Waals surface area contributed by atoms with Gasteiger partial charge in [0, 0.05) is 6.61 Å². The molecular formula is C13H17NO3S. The normalized spacial score (nSPS) is 11.5. The average Bonchev–Trinajstić information content (AvgIpc) is 2.37. The van der Waals surface area contributed by atoms with Crippen LogP contribution in [0.3, 0.4) is 0 Å². The van der Waals surface area contributed by atoms with Gasteiger partial charge in [-0.05, 0) is 43.8 Å². The van der Waals surface area contributed by atoms with Crippen LogP contribution >= 0.6 is 12.2 Å². The molecular weight excluding hydrogens is 250 g/mol. The van der Waals surface area contributed by atoms with Gasteiger partial charge in [-0.1, -0.05) is 6.07 Å². The fourth-order valence-electron chi connectivity index (χ4n) is 1.48. The molecule has 4 nitrogen and oxygen atoms in total. The number of hydrogen-bond donors (Lipinski definition) is 0. The van der Waals surface area contributed by atoms with Crippen LogP contribution in [0.2, 0.25) is 0 Å². The maximum atomic E-state index is 5.62. The Bertz CT molecular complexity index is 430. The number of rotatable bonds is 7. The lowest BCUT2D eigenvalue weighted by molar-refractivity contribution is -0.0623. The molecule has 1 aromatic carbocycles. The summed E-state index contributed by atoms with van der Waals surface area (Å²) in [6.07, 6.45) is -0.311. The lowest BCUT2D eigenvalue weighted by Crippen LogP contribution is -2.16. The third-order valence-corrected chi connectivity index (χ3v) is 2.38. The summed E-state index contributed by atoms with van der Waals surface area (Å²) in [7, 11) is 1.60. The van der Waals surface area contributed by atoms with Crippen molar-refractivity contribution in [3.8, 4) is 11.5 Å². The number of isothiocyanates is 1. The summed E-state index contributed by atoms with van der Waals surface area (Å²) in [5.74, 6) is 1.30. The molecule has 0 unspecified atom stereocenters. The first-order valence-electron chi connectivity index (χ1n) is 5.70. The predicted octanol–water partition coefficient (Wildman–Crippen LogP) is 3.06. The lowest BCUT2D eigenvalue weighted by atomic mass is 10.2. The molecule has 0 radical (unpaired) electrons. The summed E-state index contributed by atoms with van der Waals surface area (Å²) < 4.78 is 16.2. The molecule has 0 aliphatic rings.